The van der Waals surface area contributed by atoms with Gasteiger partial charge in [-0.3, -0.25) is 0 Å². The van der Waals surface area contributed by atoms with E-state index in [2.05, 4.69) is 50.1 Å². The second-order valence-electron chi connectivity index (χ2n) is 6.57. The van der Waals surface area contributed by atoms with E-state index in [1.165, 1.54) is 5.56 Å². The second kappa shape index (κ2) is 7.07. The molecule has 3 aromatic rings. The zero-order valence-electron chi connectivity index (χ0n) is 15.1. The van der Waals surface area contributed by atoms with Crippen molar-refractivity contribution < 1.29 is 0 Å². The second-order valence-corrected chi connectivity index (χ2v) is 6.57. The molecule has 0 aliphatic carbocycles. The quantitative estimate of drug-likeness (QED) is 0.727. The lowest BCUT2D eigenvalue weighted by molar-refractivity contribution is 0.637. The van der Waals surface area contributed by atoms with Gasteiger partial charge in [-0.15, -0.1) is 10.2 Å². The van der Waals surface area contributed by atoms with Crippen LogP contribution in [0.1, 0.15) is 11.3 Å². The maximum Gasteiger partial charge on any atom is 0.183 e. The van der Waals surface area contributed by atoms with Gasteiger partial charge in [-0.05, 0) is 26.0 Å². The summed E-state index contributed by atoms with van der Waals surface area (Å²) in [6.45, 7) is 7.66. The molecule has 0 saturated carbocycles. The van der Waals surface area contributed by atoms with Gasteiger partial charge < -0.3 is 9.80 Å². The van der Waals surface area contributed by atoms with Gasteiger partial charge in [0.2, 0.25) is 0 Å². The van der Waals surface area contributed by atoms with E-state index in [1.54, 1.807) is 0 Å². The molecule has 1 aliphatic rings. The summed E-state index contributed by atoms with van der Waals surface area (Å²) in [7, 11) is 0. The standard InChI is InChI=1S/C20H22N6/c1-15-6-8-17(9-7-15)19-22-20(16(2)23-24-19)26-13-11-25(12-14-26)18-5-3-4-10-21-18/h3-10H,11-14H2,1-2H3. The van der Waals surface area contributed by atoms with Crippen LogP contribution < -0.4 is 9.80 Å². The Hall–Kier alpha value is -3.02. The van der Waals surface area contributed by atoms with Gasteiger partial charge in [-0.1, -0.05) is 35.9 Å². The lowest BCUT2D eigenvalue weighted by Gasteiger charge is -2.36. The number of pyridine rings is 1. The van der Waals surface area contributed by atoms with Crippen LogP contribution in [0.3, 0.4) is 0 Å². The highest BCUT2D eigenvalue weighted by molar-refractivity contribution is 5.58. The Morgan fingerprint density at radius 2 is 1.54 bits per heavy atom. The van der Waals surface area contributed by atoms with Crippen molar-refractivity contribution in [1.29, 1.82) is 0 Å². The monoisotopic (exact) mass is 346 g/mol. The molecule has 0 N–H and O–H groups in total. The Labute approximate surface area is 153 Å². The number of benzene rings is 1. The number of hydrogen-bond donors (Lipinski definition) is 0. The fourth-order valence-electron chi connectivity index (χ4n) is 3.18. The fourth-order valence-corrected chi connectivity index (χ4v) is 3.18. The van der Waals surface area contributed by atoms with Crippen molar-refractivity contribution in [3.05, 3.63) is 59.9 Å². The summed E-state index contributed by atoms with van der Waals surface area (Å²) in [5.41, 5.74) is 3.09. The van der Waals surface area contributed by atoms with Crippen LogP contribution in [0.4, 0.5) is 11.6 Å². The number of hydrogen-bond acceptors (Lipinski definition) is 6. The summed E-state index contributed by atoms with van der Waals surface area (Å²) in [5.74, 6) is 2.64. The molecule has 2 aromatic heterocycles. The number of aromatic nitrogens is 4. The Kier molecular flexibility index (Phi) is 4.48. The van der Waals surface area contributed by atoms with Gasteiger partial charge in [0.1, 0.15) is 11.5 Å². The molecule has 6 heteroatoms. The summed E-state index contributed by atoms with van der Waals surface area (Å²) >= 11 is 0. The highest BCUT2D eigenvalue weighted by Gasteiger charge is 2.21. The minimum atomic E-state index is 0.678. The molecule has 4 rings (SSSR count). The summed E-state index contributed by atoms with van der Waals surface area (Å²) in [6.07, 6.45) is 1.84. The van der Waals surface area contributed by atoms with Crippen molar-refractivity contribution in [2.75, 3.05) is 36.0 Å². The summed E-state index contributed by atoms with van der Waals surface area (Å²) < 4.78 is 0. The van der Waals surface area contributed by atoms with Crippen molar-refractivity contribution in [1.82, 2.24) is 20.2 Å². The lowest BCUT2D eigenvalue weighted by Crippen LogP contribution is -2.47. The van der Waals surface area contributed by atoms with Crippen LogP contribution in [0.25, 0.3) is 11.4 Å². The van der Waals surface area contributed by atoms with Crippen LogP contribution in [0.2, 0.25) is 0 Å². The summed E-state index contributed by atoms with van der Waals surface area (Å²) in [5, 5.41) is 8.64. The van der Waals surface area contributed by atoms with Crippen molar-refractivity contribution in [2.45, 2.75) is 13.8 Å². The number of anilines is 2. The van der Waals surface area contributed by atoms with E-state index in [1.807, 2.05) is 37.4 Å². The Bertz CT molecular complexity index is 871. The molecule has 0 amide bonds. The van der Waals surface area contributed by atoms with Crippen molar-refractivity contribution in [3.63, 3.8) is 0 Å². The summed E-state index contributed by atoms with van der Waals surface area (Å²) in [4.78, 5) is 13.9. The number of aryl methyl sites for hydroxylation is 2. The van der Waals surface area contributed by atoms with Gasteiger partial charge in [0.15, 0.2) is 11.6 Å². The van der Waals surface area contributed by atoms with Crippen LogP contribution in [0, 0.1) is 13.8 Å². The molecule has 0 unspecified atom stereocenters. The van der Waals surface area contributed by atoms with Crippen LogP contribution in [0.15, 0.2) is 48.7 Å². The summed E-state index contributed by atoms with van der Waals surface area (Å²) in [6, 6.07) is 14.3. The van der Waals surface area contributed by atoms with E-state index >= 15 is 0 Å². The molecule has 1 fully saturated rings. The highest BCUT2D eigenvalue weighted by Crippen LogP contribution is 2.22. The van der Waals surface area contributed by atoms with E-state index in [4.69, 9.17) is 4.98 Å². The third kappa shape index (κ3) is 3.35. The smallest absolute Gasteiger partial charge is 0.183 e. The zero-order valence-corrected chi connectivity index (χ0v) is 15.1. The first-order valence-electron chi connectivity index (χ1n) is 8.90. The number of piperazine rings is 1. The minimum absolute atomic E-state index is 0.678. The molecule has 0 atom stereocenters. The Morgan fingerprint density at radius 1 is 0.808 bits per heavy atom. The maximum absolute atomic E-state index is 4.81. The van der Waals surface area contributed by atoms with Crippen LogP contribution in [-0.4, -0.2) is 46.3 Å². The largest absolute Gasteiger partial charge is 0.353 e. The minimum Gasteiger partial charge on any atom is -0.353 e. The lowest BCUT2D eigenvalue weighted by atomic mass is 10.1. The molecule has 3 heterocycles. The average molecular weight is 346 g/mol. The predicted molar refractivity (Wildman–Crippen MR) is 103 cm³/mol. The molecule has 1 aliphatic heterocycles. The molecule has 6 nitrogen and oxygen atoms in total. The van der Waals surface area contributed by atoms with Gasteiger partial charge in [-0.25, -0.2) is 9.97 Å². The SMILES string of the molecule is Cc1ccc(-c2nnc(C)c(N3CCN(c4ccccn4)CC3)n2)cc1. The average Bonchev–Trinajstić information content (AvgIpc) is 2.70. The normalized spacial score (nSPS) is 14.5. The third-order valence-electron chi connectivity index (χ3n) is 4.69. The molecular weight excluding hydrogens is 324 g/mol. The van der Waals surface area contributed by atoms with Gasteiger partial charge in [-0.2, -0.15) is 0 Å². The van der Waals surface area contributed by atoms with Gasteiger partial charge in [0.25, 0.3) is 0 Å². The topological polar surface area (TPSA) is 58.0 Å². The number of nitrogens with zero attached hydrogens (tertiary/aromatic N) is 6. The number of rotatable bonds is 3. The molecule has 26 heavy (non-hydrogen) atoms. The van der Waals surface area contributed by atoms with Gasteiger partial charge in [0, 0.05) is 37.9 Å². The first kappa shape index (κ1) is 16.4. The molecule has 1 saturated heterocycles. The Balaban J connectivity index is 1.53. The van der Waals surface area contributed by atoms with Crippen molar-refractivity contribution >= 4 is 11.6 Å². The van der Waals surface area contributed by atoms with Crippen LogP contribution in [-0.2, 0) is 0 Å². The van der Waals surface area contributed by atoms with Crippen LogP contribution >= 0.6 is 0 Å². The molecule has 0 spiro atoms. The molecule has 0 radical (unpaired) electrons. The first-order valence-corrected chi connectivity index (χ1v) is 8.90. The van der Waals surface area contributed by atoms with Crippen molar-refractivity contribution in [2.24, 2.45) is 0 Å². The Morgan fingerprint density at radius 3 is 2.23 bits per heavy atom. The van der Waals surface area contributed by atoms with Gasteiger partial charge >= 0.3 is 0 Å². The van der Waals surface area contributed by atoms with E-state index in [0.717, 1.165) is 49.1 Å². The van der Waals surface area contributed by atoms with E-state index < -0.39 is 0 Å². The van der Waals surface area contributed by atoms with E-state index in [-0.39, 0.29) is 0 Å². The van der Waals surface area contributed by atoms with Gasteiger partial charge in [0.05, 0.1) is 0 Å². The van der Waals surface area contributed by atoms with E-state index in [0.29, 0.717) is 5.82 Å². The van der Waals surface area contributed by atoms with Crippen molar-refractivity contribution in [3.8, 4) is 11.4 Å². The first-order chi connectivity index (χ1) is 12.7. The third-order valence-corrected chi connectivity index (χ3v) is 4.69. The predicted octanol–water partition coefficient (Wildman–Crippen LogP) is 2.88. The molecule has 0 bridgehead atoms. The zero-order chi connectivity index (χ0) is 17.9. The molecular formula is C20H22N6. The molecule has 132 valence electrons. The highest BCUT2D eigenvalue weighted by atomic mass is 15.3. The molecule has 1 aromatic carbocycles. The maximum atomic E-state index is 4.81. The van der Waals surface area contributed by atoms with Crippen LogP contribution in [0.5, 0.6) is 0 Å². The fraction of sp³-hybridized carbons (Fsp3) is 0.300. The van der Waals surface area contributed by atoms with E-state index in [9.17, 15) is 0 Å².